The SMILES string of the molecule is CN(Cc1cc(C(=O)O)no1)C1CCCCC1. The zero-order valence-corrected chi connectivity index (χ0v) is 10.1. The molecule has 0 spiro atoms. The van der Waals surface area contributed by atoms with Gasteiger partial charge in [0.05, 0.1) is 6.54 Å². The van der Waals surface area contributed by atoms with E-state index in [9.17, 15) is 4.79 Å². The van der Waals surface area contributed by atoms with Gasteiger partial charge in [-0.3, -0.25) is 4.90 Å². The number of nitrogens with zero attached hydrogens (tertiary/aromatic N) is 2. The van der Waals surface area contributed by atoms with Crippen molar-refractivity contribution >= 4 is 5.97 Å². The first-order valence-corrected chi connectivity index (χ1v) is 6.06. The Labute approximate surface area is 100 Å². The molecule has 2 rings (SSSR count). The van der Waals surface area contributed by atoms with Gasteiger partial charge in [0, 0.05) is 12.1 Å². The van der Waals surface area contributed by atoms with E-state index < -0.39 is 5.97 Å². The standard InChI is InChI=1S/C12H18N2O3/c1-14(9-5-3-2-4-6-9)8-10-7-11(12(15)16)13-17-10/h7,9H,2-6,8H2,1H3,(H,15,16). The second-order valence-corrected chi connectivity index (χ2v) is 4.69. The number of hydrogen-bond acceptors (Lipinski definition) is 4. The van der Waals surface area contributed by atoms with Gasteiger partial charge >= 0.3 is 5.97 Å². The Morgan fingerprint density at radius 1 is 1.53 bits per heavy atom. The Morgan fingerprint density at radius 3 is 2.82 bits per heavy atom. The Morgan fingerprint density at radius 2 is 2.24 bits per heavy atom. The summed E-state index contributed by atoms with van der Waals surface area (Å²) in [5.74, 6) is -0.421. The second-order valence-electron chi connectivity index (χ2n) is 4.69. The van der Waals surface area contributed by atoms with Gasteiger partial charge in [0.2, 0.25) is 0 Å². The summed E-state index contributed by atoms with van der Waals surface area (Å²) in [4.78, 5) is 12.9. The lowest BCUT2D eigenvalue weighted by molar-refractivity contribution is 0.0685. The molecule has 1 aromatic rings. The highest BCUT2D eigenvalue weighted by Crippen LogP contribution is 2.22. The number of hydrogen-bond donors (Lipinski definition) is 1. The maximum atomic E-state index is 10.7. The van der Waals surface area contributed by atoms with Crippen molar-refractivity contribution in [1.29, 1.82) is 0 Å². The molecule has 0 bridgehead atoms. The summed E-state index contributed by atoms with van der Waals surface area (Å²) in [6, 6.07) is 2.09. The Bertz CT molecular complexity index is 383. The molecule has 0 aliphatic heterocycles. The number of aromatic nitrogens is 1. The molecule has 1 N–H and O–H groups in total. The summed E-state index contributed by atoms with van der Waals surface area (Å²) in [5, 5.41) is 12.3. The van der Waals surface area contributed by atoms with E-state index in [2.05, 4.69) is 17.1 Å². The van der Waals surface area contributed by atoms with Crippen LogP contribution in [0.15, 0.2) is 10.6 Å². The van der Waals surface area contributed by atoms with Crippen molar-refractivity contribution in [2.75, 3.05) is 7.05 Å². The average Bonchev–Trinajstić information content (AvgIpc) is 2.79. The van der Waals surface area contributed by atoms with Crippen molar-refractivity contribution < 1.29 is 14.4 Å². The first-order chi connectivity index (χ1) is 8.16. The van der Waals surface area contributed by atoms with Gasteiger partial charge in [-0.1, -0.05) is 24.4 Å². The van der Waals surface area contributed by atoms with Crippen LogP contribution in [0.3, 0.4) is 0 Å². The van der Waals surface area contributed by atoms with Crippen LogP contribution in [0, 0.1) is 0 Å². The molecule has 5 heteroatoms. The van der Waals surface area contributed by atoms with Gasteiger partial charge in [0.25, 0.3) is 0 Å². The molecule has 17 heavy (non-hydrogen) atoms. The van der Waals surface area contributed by atoms with Crippen LogP contribution in [0.1, 0.15) is 48.4 Å². The highest BCUT2D eigenvalue weighted by atomic mass is 16.5. The molecule has 0 atom stereocenters. The monoisotopic (exact) mass is 238 g/mol. The van der Waals surface area contributed by atoms with E-state index >= 15 is 0 Å². The molecule has 0 radical (unpaired) electrons. The summed E-state index contributed by atoms with van der Waals surface area (Å²) in [6.07, 6.45) is 6.33. The molecule has 94 valence electrons. The topological polar surface area (TPSA) is 66.6 Å². The molecule has 0 unspecified atom stereocenters. The predicted molar refractivity (Wildman–Crippen MR) is 61.8 cm³/mol. The van der Waals surface area contributed by atoms with E-state index in [1.165, 1.54) is 38.2 Å². The minimum Gasteiger partial charge on any atom is -0.476 e. The van der Waals surface area contributed by atoms with Gasteiger partial charge in [0.15, 0.2) is 11.5 Å². The molecule has 5 nitrogen and oxygen atoms in total. The van der Waals surface area contributed by atoms with E-state index in [0.29, 0.717) is 18.3 Å². The largest absolute Gasteiger partial charge is 0.476 e. The first kappa shape index (κ1) is 12.1. The zero-order chi connectivity index (χ0) is 12.3. The molecule has 1 saturated carbocycles. The van der Waals surface area contributed by atoms with Crippen molar-refractivity contribution in [2.45, 2.75) is 44.7 Å². The summed E-state index contributed by atoms with van der Waals surface area (Å²) in [5.41, 5.74) is -0.0166. The molecule has 0 aromatic carbocycles. The third-order valence-electron chi connectivity index (χ3n) is 3.38. The van der Waals surface area contributed by atoms with E-state index in [4.69, 9.17) is 9.63 Å². The van der Waals surface area contributed by atoms with E-state index in [1.807, 2.05) is 0 Å². The maximum absolute atomic E-state index is 10.7. The molecular weight excluding hydrogens is 220 g/mol. The summed E-state index contributed by atoms with van der Waals surface area (Å²) >= 11 is 0. The summed E-state index contributed by atoms with van der Waals surface area (Å²) in [7, 11) is 2.05. The number of carboxylic acids is 1. The number of rotatable bonds is 4. The Kier molecular flexibility index (Phi) is 3.78. The van der Waals surface area contributed by atoms with E-state index in [1.54, 1.807) is 0 Å². The van der Waals surface area contributed by atoms with E-state index in [0.717, 1.165) is 0 Å². The Balaban J connectivity index is 1.92. The van der Waals surface area contributed by atoms with Gasteiger partial charge in [0.1, 0.15) is 0 Å². The van der Waals surface area contributed by atoms with Crippen LogP contribution >= 0.6 is 0 Å². The fourth-order valence-electron chi connectivity index (χ4n) is 2.39. The molecule has 0 saturated heterocycles. The second kappa shape index (κ2) is 5.31. The third-order valence-corrected chi connectivity index (χ3v) is 3.38. The number of carbonyl (C=O) groups is 1. The normalized spacial score (nSPS) is 17.5. The zero-order valence-electron chi connectivity index (χ0n) is 10.1. The smallest absolute Gasteiger partial charge is 0.358 e. The lowest BCUT2D eigenvalue weighted by Gasteiger charge is -2.30. The third kappa shape index (κ3) is 3.06. The predicted octanol–water partition coefficient (Wildman–Crippen LogP) is 2.14. The van der Waals surface area contributed by atoms with Crippen LogP contribution < -0.4 is 0 Å². The number of carboxylic acid groups (broad SMARTS) is 1. The van der Waals surface area contributed by atoms with Gasteiger partial charge in [-0.05, 0) is 19.9 Å². The minimum absolute atomic E-state index is 0.0166. The maximum Gasteiger partial charge on any atom is 0.358 e. The van der Waals surface area contributed by atoms with Gasteiger partial charge < -0.3 is 9.63 Å². The van der Waals surface area contributed by atoms with Crippen LogP contribution in [0.2, 0.25) is 0 Å². The van der Waals surface area contributed by atoms with Crippen molar-refractivity contribution in [3.63, 3.8) is 0 Å². The fourth-order valence-corrected chi connectivity index (χ4v) is 2.39. The van der Waals surface area contributed by atoms with Crippen LogP contribution in [0.5, 0.6) is 0 Å². The van der Waals surface area contributed by atoms with Crippen molar-refractivity contribution in [3.05, 3.63) is 17.5 Å². The molecule has 1 aromatic heterocycles. The first-order valence-electron chi connectivity index (χ1n) is 6.06. The lowest BCUT2D eigenvalue weighted by atomic mass is 9.94. The molecule has 1 heterocycles. The van der Waals surface area contributed by atoms with Gasteiger partial charge in [-0.25, -0.2) is 4.79 Å². The van der Waals surface area contributed by atoms with Crippen LogP contribution in [0.4, 0.5) is 0 Å². The molecule has 1 fully saturated rings. The van der Waals surface area contributed by atoms with E-state index in [-0.39, 0.29) is 5.69 Å². The summed E-state index contributed by atoms with van der Waals surface area (Å²) in [6.45, 7) is 0.630. The van der Waals surface area contributed by atoms with Crippen molar-refractivity contribution in [1.82, 2.24) is 10.1 Å². The van der Waals surface area contributed by atoms with Crippen LogP contribution in [-0.4, -0.2) is 34.2 Å². The minimum atomic E-state index is -1.04. The molecular formula is C12H18N2O3. The Hall–Kier alpha value is -1.36. The van der Waals surface area contributed by atoms with Crippen molar-refractivity contribution in [3.8, 4) is 0 Å². The van der Waals surface area contributed by atoms with Crippen LogP contribution in [0.25, 0.3) is 0 Å². The van der Waals surface area contributed by atoms with Crippen LogP contribution in [-0.2, 0) is 6.54 Å². The molecule has 1 aliphatic rings. The van der Waals surface area contributed by atoms with Gasteiger partial charge in [-0.2, -0.15) is 0 Å². The fraction of sp³-hybridized carbons (Fsp3) is 0.667. The van der Waals surface area contributed by atoms with Crippen molar-refractivity contribution in [2.24, 2.45) is 0 Å². The average molecular weight is 238 g/mol. The lowest BCUT2D eigenvalue weighted by Crippen LogP contribution is -2.32. The quantitative estimate of drug-likeness (QED) is 0.870. The summed E-state index contributed by atoms with van der Waals surface area (Å²) < 4.78 is 5.01. The molecule has 0 amide bonds. The number of aromatic carboxylic acids is 1. The highest BCUT2D eigenvalue weighted by Gasteiger charge is 2.20. The highest BCUT2D eigenvalue weighted by molar-refractivity contribution is 5.85. The molecule has 1 aliphatic carbocycles. The van der Waals surface area contributed by atoms with Gasteiger partial charge in [-0.15, -0.1) is 0 Å².